The maximum absolute atomic E-state index is 12.1. The Morgan fingerprint density at radius 1 is 1.11 bits per heavy atom. The summed E-state index contributed by atoms with van der Waals surface area (Å²) < 4.78 is 37.1. The molecule has 0 saturated carbocycles. The number of aliphatic carboxylic acids is 1. The van der Waals surface area contributed by atoms with Gasteiger partial charge in [0.1, 0.15) is 11.3 Å². The van der Waals surface area contributed by atoms with Crippen molar-refractivity contribution in [1.82, 2.24) is 0 Å². The first-order valence-electron chi connectivity index (χ1n) is 7.97. The predicted octanol–water partition coefficient (Wildman–Crippen LogP) is 2.83. The van der Waals surface area contributed by atoms with E-state index < -0.39 is 23.7 Å². The molecular weight excluding hydrogens is 365 g/mol. The number of rotatable bonds is 5. The molecule has 0 aromatic heterocycles. The van der Waals surface area contributed by atoms with E-state index in [4.69, 9.17) is 26.1 Å². The molecule has 0 radical (unpaired) electrons. The van der Waals surface area contributed by atoms with Gasteiger partial charge in [0.25, 0.3) is 0 Å². The van der Waals surface area contributed by atoms with E-state index >= 15 is 0 Å². The SMILES string of the molecule is C[C@](N)(CCCN)C(=O)Oc1ccc2ccccc2c1.O=C(O)C(F)(F)F. The van der Waals surface area contributed by atoms with E-state index in [2.05, 4.69) is 0 Å². The molecule has 148 valence electrons. The zero-order valence-electron chi connectivity index (χ0n) is 14.6. The number of halogens is 3. The van der Waals surface area contributed by atoms with Crippen LogP contribution in [0, 0.1) is 0 Å². The second-order valence-electron chi connectivity index (χ2n) is 6.01. The molecular formula is C18H21F3N2O4. The summed E-state index contributed by atoms with van der Waals surface area (Å²) in [6.45, 7) is 2.18. The number of benzene rings is 2. The van der Waals surface area contributed by atoms with Crippen LogP contribution in [0.2, 0.25) is 0 Å². The largest absolute Gasteiger partial charge is 0.490 e. The summed E-state index contributed by atoms with van der Waals surface area (Å²) in [5, 5.41) is 9.25. The van der Waals surface area contributed by atoms with Crippen molar-refractivity contribution in [2.75, 3.05) is 6.54 Å². The molecule has 2 rings (SSSR count). The van der Waals surface area contributed by atoms with E-state index in [1.54, 1.807) is 13.0 Å². The average Bonchev–Trinajstić information content (AvgIpc) is 2.59. The van der Waals surface area contributed by atoms with Crippen molar-refractivity contribution in [3.8, 4) is 5.75 Å². The lowest BCUT2D eigenvalue weighted by Crippen LogP contribution is -2.47. The highest BCUT2D eigenvalue weighted by Gasteiger charge is 2.38. The molecule has 0 heterocycles. The summed E-state index contributed by atoms with van der Waals surface area (Å²) in [5.74, 6) is -2.67. The number of ether oxygens (including phenoxy) is 1. The molecule has 0 saturated heterocycles. The fourth-order valence-corrected chi connectivity index (χ4v) is 2.03. The van der Waals surface area contributed by atoms with E-state index in [9.17, 15) is 18.0 Å². The van der Waals surface area contributed by atoms with E-state index in [0.29, 0.717) is 25.1 Å². The van der Waals surface area contributed by atoms with Crippen LogP contribution in [-0.2, 0) is 9.59 Å². The van der Waals surface area contributed by atoms with Crippen molar-refractivity contribution in [3.63, 3.8) is 0 Å². The van der Waals surface area contributed by atoms with Crippen LogP contribution < -0.4 is 16.2 Å². The van der Waals surface area contributed by atoms with Gasteiger partial charge in [0.2, 0.25) is 0 Å². The molecule has 5 N–H and O–H groups in total. The van der Waals surface area contributed by atoms with E-state index in [1.807, 2.05) is 36.4 Å². The van der Waals surface area contributed by atoms with Gasteiger partial charge < -0.3 is 21.3 Å². The second kappa shape index (κ2) is 9.33. The fraction of sp³-hybridized carbons (Fsp3) is 0.333. The van der Waals surface area contributed by atoms with Crippen molar-refractivity contribution in [3.05, 3.63) is 42.5 Å². The predicted molar refractivity (Wildman–Crippen MR) is 94.2 cm³/mol. The Bertz CT molecular complexity index is 792. The minimum absolute atomic E-state index is 0.429. The third-order valence-corrected chi connectivity index (χ3v) is 3.54. The zero-order chi connectivity index (χ0) is 20.7. The van der Waals surface area contributed by atoms with Gasteiger partial charge in [0.05, 0.1) is 0 Å². The van der Waals surface area contributed by atoms with Crippen LogP contribution in [0.15, 0.2) is 42.5 Å². The minimum atomic E-state index is -5.08. The first kappa shape index (κ1) is 22.4. The molecule has 0 amide bonds. The summed E-state index contributed by atoms with van der Waals surface area (Å²) in [5.41, 5.74) is 10.4. The maximum atomic E-state index is 12.1. The molecule has 0 aliphatic heterocycles. The number of carbonyl (C=O) groups excluding carboxylic acids is 1. The van der Waals surface area contributed by atoms with Gasteiger partial charge >= 0.3 is 18.1 Å². The summed E-state index contributed by atoms with van der Waals surface area (Å²) >= 11 is 0. The van der Waals surface area contributed by atoms with Crippen LogP contribution in [-0.4, -0.2) is 35.3 Å². The highest BCUT2D eigenvalue weighted by Crippen LogP contribution is 2.22. The summed E-state index contributed by atoms with van der Waals surface area (Å²) in [6.07, 6.45) is -3.88. The summed E-state index contributed by atoms with van der Waals surface area (Å²) in [6, 6.07) is 13.4. The van der Waals surface area contributed by atoms with E-state index in [1.165, 1.54) is 0 Å². The summed E-state index contributed by atoms with van der Waals surface area (Å²) in [7, 11) is 0. The van der Waals surface area contributed by atoms with Crippen molar-refractivity contribution < 1.29 is 32.6 Å². The number of esters is 1. The van der Waals surface area contributed by atoms with Crippen LogP contribution in [0.1, 0.15) is 19.8 Å². The molecule has 2 aromatic carbocycles. The smallest absolute Gasteiger partial charge is 0.475 e. The molecule has 0 bridgehead atoms. The van der Waals surface area contributed by atoms with Gasteiger partial charge in [0.15, 0.2) is 0 Å². The Morgan fingerprint density at radius 2 is 1.67 bits per heavy atom. The van der Waals surface area contributed by atoms with Gasteiger partial charge in [0, 0.05) is 0 Å². The van der Waals surface area contributed by atoms with Crippen molar-refractivity contribution in [2.24, 2.45) is 11.5 Å². The van der Waals surface area contributed by atoms with Crippen molar-refractivity contribution in [2.45, 2.75) is 31.5 Å². The number of alkyl halides is 3. The lowest BCUT2D eigenvalue weighted by Gasteiger charge is -2.22. The minimum Gasteiger partial charge on any atom is -0.475 e. The maximum Gasteiger partial charge on any atom is 0.490 e. The second-order valence-corrected chi connectivity index (χ2v) is 6.01. The number of fused-ring (bicyclic) bond motifs is 1. The fourth-order valence-electron chi connectivity index (χ4n) is 2.03. The monoisotopic (exact) mass is 386 g/mol. The van der Waals surface area contributed by atoms with Gasteiger partial charge in [-0.25, -0.2) is 9.59 Å². The van der Waals surface area contributed by atoms with Gasteiger partial charge in [-0.05, 0) is 49.2 Å². The number of carboxylic acid groups (broad SMARTS) is 1. The Morgan fingerprint density at radius 3 is 2.19 bits per heavy atom. The molecule has 6 nitrogen and oxygen atoms in total. The Labute approximate surface area is 153 Å². The van der Waals surface area contributed by atoms with Crippen LogP contribution >= 0.6 is 0 Å². The molecule has 0 fully saturated rings. The van der Waals surface area contributed by atoms with Crippen LogP contribution in [0.25, 0.3) is 10.8 Å². The average molecular weight is 386 g/mol. The van der Waals surface area contributed by atoms with Crippen LogP contribution in [0.3, 0.4) is 0 Å². The van der Waals surface area contributed by atoms with Gasteiger partial charge in [-0.3, -0.25) is 0 Å². The zero-order valence-corrected chi connectivity index (χ0v) is 14.6. The van der Waals surface area contributed by atoms with Gasteiger partial charge in [-0.1, -0.05) is 30.3 Å². The third-order valence-electron chi connectivity index (χ3n) is 3.54. The molecule has 27 heavy (non-hydrogen) atoms. The lowest BCUT2D eigenvalue weighted by atomic mass is 9.97. The van der Waals surface area contributed by atoms with E-state index in [0.717, 1.165) is 10.8 Å². The number of carboxylic acids is 1. The molecule has 0 spiro atoms. The van der Waals surface area contributed by atoms with Gasteiger partial charge in [-0.15, -0.1) is 0 Å². The molecule has 2 aromatic rings. The first-order valence-corrected chi connectivity index (χ1v) is 7.97. The number of nitrogens with two attached hydrogens (primary N) is 2. The normalized spacial score (nSPS) is 13.3. The standard InChI is InChI=1S/C16H20N2O2.C2HF3O2/c1-16(18,9-4-10-17)15(19)20-14-8-7-12-5-2-3-6-13(12)11-14;3-2(4,5)1(6)7/h2-3,5-8,11H,4,9-10,17-18H2,1H3;(H,6,7)/t16-;/m0./s1. The summed E-state index contributed by atoms with van der Waals surface area (Å²) in [4.78, 5) is 21.0. The molecule has 1 atom stereocenters. The topological polar surface area (TPSA) is 116 Å². The third kappa shape index (κ3) is 7.24. The number of carbonyl (C=O) groups is 2. The first-order chi connectivity index (χ1) is 12.5. The number of hydrogen-bond donors (Lipinski definition) is 3. The molecule has 0 aliphatic rings. The Hall–Kier alpha value is -2.65. The highest BCUT2D eigenvalue weighted by atomic mass is 19.4. The quantitative estimate of drug-likeness (QED) is 0.538. The molecule has 0 aliphatic carbocycles. The van der Waals surface area contributed by atoms with Crippen LogP contribution in [0.4, 0.5) is 13.2 Å². The van der Waals surface area contributed by atoms with Crippen LogP contribution in [0.5, 0.6) is 5.75 Å². The highest BCUT2D eigenvalue weighted by molar-refractivity contribution is 5.86. The molecule has 0 unspecified atom stereocenters. The van der Waals surface area contributed by atoms with E-state index in [-0.39, 0.29) is 0 Å². The molecule has 9 heteroatoms. The van der Waals surface area contributed by atoms with Crippen molar-refractivity contribution >= 4 is 22.7 Å². The Balaban J connectivity index is 0.000000445. The Kier molecular flexibility index (Phi) is 7.74. The van der Waals surface area contributed by atoms with Crippen molar-refractivity contribution in [1.29, 1.82) is 0 Å². The van der Waals surface area contributed by atoms with Gasteiger partial charge in [-0.2, -0.15) is 13.2 Å². The lowest BCUT2D eigenvalue weighted by molar-refractivity contribution is -0.192. The number of hydrogen-bond acceptors (Lipinski definition) is 5.